The normalized spacial score (nSPS) is 10.6. The van der Waals surface area contributed by atoms with E-state index in [1.807, 2.05) is 49.4 Å². The van der Waals surface area contributed by atoms with Gasteiger partial charge in [-0.05, 0) is 49.4 Å². The number of halogens is 1. The maximum Gasteiger partial charge on any atom is 0.295 e. The van der Waals surface area contributed by atoms with Gasteiger partial charge in [-0.2, -0.15) is 0 Å². The summed E-state index contributed by atoms with van der Waals surface area (Å²) in [6.07, 6.45) is 0. The molecule has 5 nitrogen and oxygen atoms in total. The lowest BCUT2D eigenvalue weighted by Crippen LogP contribution is -2.14. The number of hydrogen-bond donors (Lipinski definition) is 1. The van der Waals surface area contributed by atoms with E-state index in [0.717, 1.165) is 11.1 Å². The van der Waals surface area contributed by atoms with Gasteiger partial charge >= 0.3 is 0 Å². The molecule has 3 aromatic carbocycles. The van der Waals surface area contributed by atoms with Crippen molar-refractivity contribution in [1.82, 2.24) is 14.8 Å². The van der Waals surface area contributed by atoms with Crippen molar-refractivity contribution in [1.29, 1.82) is 0 Å². The Hall–Kier alpha value is -3.80. The molecule has 0 bridgehead atoms. The Bertz CT molecular complexity index is 1120. The first kappa shape index (κ1) is 17.6. The lowest BCUT2D eigenvalue weighted by Gasteiger charge is -2.06. The lowest BCUT2D eigenvalue weighted by atomic mass is 10.1. The van der Waals surface area contributed by atoms with Crippen molar-refractivity contribution in [2.75, 3.05) is 5.32 Å². The molecule has 6 heteroatoms. The van der Waals surface area contributed by atoms with Crippen LogP contribution in [0.1, 0.15) is 16.2 Å². The highest BCUT2D eigenvalue weighted by molar-refractivity contribution is 6.01. The van der Waals surface area contributed by atoms with Crippen molar-refractivity contribution in [2.45, 2.75) is 6.92 Å². The Morgan fingerprint density at radius 1 is 0.964 bits per heavy atom. The molecule has 4 aromatic rings. The molecule has 4 rings (SSSR count). The molecule has 0 atom stereocenters. The second kappa shape index (κ2) is 7.44. The van der Waals surface area contributed by atoms with Crippen LogP contribution in [0, 0.1) is 12.7 Å². The molecule has 0 saturated carbocycles. The van der Waals surface area contributed by atoms with E-state index in [9.17, 15) is 9.18 Å². The van der Waals surface area contributed by atoms with E-state index in [0.29, 0.717) is 17.2 Å². The summed E-state index contributed by atoms with van der Waals surface area (Å²) in [4.78, 5) is 17.1. The van der Waals surface area contributed by atoms with E-state index in [4.69, 9.17) is 0 Å². The monoisotopic (exact) mass is 372 g/mol. The van der Waals surface area contributed by atoms with Crippen LogP contribution in [0.5, 0.6) is 0 Å². The van der Waals surface area contributed by atoms with Crippen molar-refractivity contribution in [3.05, 3.63) is 96.1 Å². The van der Waals surface area contributed by atoms with Crippen LogP contribution >= 0.6 is 0 Å². The van der Waals surface area contributed by atoms with E-state index in [2.05, 4.69) is 15.4 Å². The summed E-state index contributed by atoms with van der Waals surface area (Å²) in [5, 5.41) is 7.17. The van der Waals surface area contributed by atoms with Gasteiger partial charge in [0.1, 0.15) is 5.82 Å². The standard InChI is InChI=1S/C22H17FN4O/c1-15-6-5-7-16(14-15)21-25-20(22(28)24-18-8-3-2-4-9-18)26-27(21)19-12-10-17(23)11-13-19/h2-14H,1H3,(H,24,28). The van der Waals surface area contributed by atoms with E-state index in [-0.39, 0.29) is 11.6 Å². The molecule has 0 aliphatic carbocycles. The van der Waals surface area contributed by atoms with E-state index in [1.54, 1.807) is 28.9 Å². The number of benzene rings is 3. The van der Waals surface area contributed by atoms with Crippen molar-refractivity contribution >= 4 is 11.6 Å². The van der Waals surface area contributed by atoms with Crippen molar-refractivity contribution in [3.8, 4) is 17.1 Å². The minimum absolute atomic E-state index is 0.0321. The zero-order valence-corrected chi connectivity index (χ0v) is 15.1. The summed E-state index contributed by atoms with van der Waals surface area (Å²) >= 11 is 0. The number of anilines is 1. The predicted molar refractivity (Wildman–Crippen MR) is 106 cm³/mol. The van der Waals surface area contributed by atoms with Crippen LogP contribution in [0.15, 0.2) is 78.9 Å². The fourth-order valence-corrected chi connectivity index (χ4v) is 2.85. The number of carbonyl (C=O) groups is 1. The number of nitrogens with zero attached hydrogens (tertiary/aromatic N) is 3. The molecule has 0 radical (unpaired) electrons. The molecule has 1 N–H and O–H groups in total. The Morgan fingerprint density at radius 2 is 1.71 bits per heavy atom. The van der Waals surface area contributed by atoms with Crippen molar-refractivity contribution < 1.29 is 9.18 Å². The van der Waals surface area contributed by atoms with Gasteiger partial charge in [-0.25, -0.2) is 14.1 Å². The van der Waals surface area contributed by atoms with Crippen LogP contribution in [0.3, 0.4) is 0 Å². The molecule has 0 spiro atoms. The van der Waals surface area contributed by atoms with E-state index < -0.39 is 5.91 Å². The van der Waals surface area contributed by atoms with Crippen LogP contribution in [0.2, 0.25) is 0 Å². The molecule has 0 unspecified atom stereocenters. The van der Waals surface area contributed by atoms with E-state index >= 15 is 0 Å². The quantitative estimate of drug-likeness (QED) is 0.568. The fraction of sp³-hybridized carbons (Fsp3) is 0.0455. The maximum absolute atomic E-state index is 13.3. The molecule has 1 heterocycles. The van der Waals surface area contributed by atoms with Crippen LogP contribution in [-0.2, 0) is 0 Å². The number of amides is 1. The maximum atomic E-state index is 13.3. The number of carbonyl (C=O) groups excluding carboxylic acids is 1. The van der Waals surface area contributed by atoms with Gasteiger partial charge in [0.25, 0.3) is 5.91 Å². The van der Waals surface area contributed by atoms with Gasteiger partial charge in [-0.15, -0.1) is 5.10 Å². The molecule has 0 aliphatic rings. The number of para-hydroxylation sites is 1. The summed E-state index contributed by atoms with van der Waals surface area (Å²) in [5.74, 6) is -0.220. The third-order valence-electron chi connectivity index (χ3n) is 4.19. The van der Waals surface area contributed by atoms with Gasteiger partial charge in [0.05, 0.1) is 5.69 Å². The molecule has 1 aromatic heterocycles. The topological polar surface area (TPSA) is 59.8 Å². The molecule has 28 heavy (non-hydrogen) atoms. The van der Waals surface area contributed by atoms with Crippen molar-refractivity contribution in [2.24, 2.45) is 0 Å². The highest BCUT2D eigenvalue weighted by Gasteiger charge is 2.19. The Labute approximate surface area is 161 Å². The first-order valence-electron chi connectivity index (χ1n) is 8.76. The smallest absolute Gasteiger partial charge is 0.295 e. The summed E-state index contributed by atoms with van der Waals surface area (Å²) in [6, 6.07) is 22.8. The summed E-state index contributed by atoms with van der Waals surface area (Å²) in [7, 11) is 0. The molecular weight excluding hydrogens is 355 g/mol. The van der Waals surface area contributed by atoms with Gasteiger partial charge in [0.2, 0.25) is 5.82 Å². The largest absolute Gasteiger partial charge is 0.319 e. The molecule has 0 aliphatic heterocycles. The predicted octanol–water partition coefficient (Wildman–Crippen LogP) is 4.63. The highest BCUT2D eigenvalue weighted by atomic mass is 19.1. The molecule has 138 valence electrons. The van der Waals surface area contributed by atoms with Gasteiger partial charge in [-0.3, -0.25) is 4.79 Å². The second-order valence-corrected chi connectivity index (χ2v) is 6.34. The number of rotatable bonds is 4. The minimum Gasteiger partial charge on any atom is -0.319 e. The second-order valence-electron chi connectivity index (χ2n) is 6.34. The van der Waals surface area contributed by atoms with Gasteiger partial charge in [0.15, 0.2) is 5.82 Å². The zero-order valence-electron chi connectivity index (χ0n) is 15.1. The first-order chi connectivity index (χ1) is 13.6. The fourth-order valence-electron chi connectivity index (χ4n) is 2.85. The minimum atomic E-state index is -0.416. The number of hydrogen-bond acceptors (Lipinski definition) is 3. The number of aromatic nitrogens is 3. The van der Waals surface area contributed by atoms with E-state index in [1.165, 1.54) is 12.1 Å². The van der Waals surface area contributed by atoms with Gasteiger partial charge in [-0.1, -0.05) is 42.0 Å². The summed E-state index contributed by atoms with van der Waals surface area (Å²) < 4.78 is 14.9. The third-order valence-corrected chi connectivity index (χ3v) is 4.19. The van der Waals surface area contributed by atoms with Crippen LogP contribution < -0.4 is 5.32 Å². The zero-order chi connectivity index (χ0) is 19.5. The molecule has 0 saturated heterocycles. The molecule has 0 fully saturated rings. The van der Waals surface area contributed by atoms with Crippen LogP contribution in [0.25, 0.3) is 17.1 Å². The average Bonchev–Trinajstić information content (AvgIpc) is 3.15. The average molecular weight is 372 g/mol. The first-order valence-corrected chi connectivity index (χ1v) is 8.76. The van der Waals surface area contributed by atoms with Crippen LogP contribution in [0.4, 0.5) is 10.1 Å². The number of nitrogens with one attached hydrogen (secondary N) is 1. The number of aryl methyl sites for hydroxylation is 1. The summed E-state index contributed by atoms with van der Waals surface area (Å²) in [6.45, 7) is 1.98. The Kier molecular flexibility index (Phi) is 4.68. The highest BCUT2D eigenvalue weighted by Crippen LogP contribution is 2.23. The SMILES string of the molecule is Cc1cccc(-c2nc(C(=O)Nc3ccccc3)nn2-c2ccc(F)cc2)c1. The lowest BCUT2D eigenvalue weighted by molar-refractivity contribution is 0.101. The molecular formula is C22H17FN4O. The summed E-state index contributed by atoms with van der Waals surface area (Å²) in [5.41, 5.74) is 3.14. The Balaban J connectivity index is 1.77. The van der Waals surface area contributed by atoms with Gasteiger partial charge in [0, 0.05) is 11.3 Å². The molecule has 1 amide bonds. The third kappa shape index (κ3) is 3.66. The van der Waals surface area contributed by atoms with Crippen LogP contribution in [-0.4, -0.2) is 20.7 Å². The van der Waals surface area contributed by atoms with Crippen molar-refractivity contribution in [3.63, 3.8) is 0 Å². The van der Waals surface area contributed by atoms with Gasteiger partial charge < -0.3 is 5.32 Å². The Morgan fingerprint density at radius 3 is 2.43 bits per heavy atom.